The topological polar surface area (TPSA) is 21.3 Å². The van der Waals surface area contributed by atoms with Gasteiger partial charge >= 0.3 is 0 Å². The lowest BCUT2D eigenvalue weighted by atomic mass is 9.98. The number of rotatable bonds is 4. The van der Waals surface area contributed by atoms with Crippen LogP contribution in [0, 0.1) is 0 Å². The van der Waals surface area contributed by atoms with Gasteiger partial charge in [0.25, 0.3) is 0 Å². The Kier molecular flexibility index (Phi) is 4.24. The van der Waals surface area contributed by atoms with E-state index in [1.165, 1.54) is 42.7 Å². The molecule has 2 aliphatic heterocycles. The van der Waals surface area contributed by atoms with Crippen LogP contribution in [-0.4, -0.2) is 31.1 Å². The molecular formula is C15H21NOS. The van der Waals surface area contributed by atoms with Crippen LogP contribution >= 0.6 is 11.8 Å². The van der Waals surface area contributed by atoms with Crippen LogP contribution in [0.1, 0.15) is 24.8 Å². The van der Waals surface area contributed by atoms with Crippen LogP contribution in [0.3, 0.4) is 0 Å². The molecule has 2 heterocycles. The third-order valence-corrected chi connectivity index (χ3v) is 5.01. The van der Waals surface area contributed by atoms with Crippen molar-refractivity contribution in [2.75, 3.05) is 19.8 Å². The first-order valence-electron chi connectivity index (χ1n) is 6.97. The number of piperidine rings is 1. The van der Waals surface area contributed by atoms with E-state index >= 15 is 0 Å². The fourth-order valence-corrected chi connectivity index (χ4v) is 3.76. The van der Waals surface area contributed by atoms with Crippen molar-refractivity contribution < 1.29 is 4.74 Å². The molecule has 2 fully saturated rings. The summed E-state index contributed by atoms with van der Waals surface area (Å²) in [7, 11) is 0. The van der Waals surface area contributed by atoms with E-state index in [1.54, 1.807) is 0 Å². The van der Waals surface area contributed by atoms with Gasteiger partial charge in [-0.3, -0.25) is 0 Å². The maximum Gasteiger partial charge on any atom is 0.0611 e. The third-order valence-electron chi connectivity index (χ3n) is 3.75. The molecule has 0 aliphatic carbocycles. The molecule has 1 atom stereocenters. The Bertz CT molecular complexity index is 386. The molecule has 98 valence electrons. The first-order valence-corrected chi connectivity index (χ1v) is 7.85. The summed E-state index contributed by atoms with van der Waals surface area (Å²) in [5.74, 6) is 0. The van der Waals surface area contributed by atoms with Gasteiger partial charge in [-0.1, -0.05) is 24.6 Å². The quantitative estimate of drug-likeness (QED) is 0.902. The van der Waals surface area contributed by atoms with Gasteiger partial charge in [-0.15, -0.1) is 11.8 Å². The van der Waals surface area contributed by atoms with Crippen molar-refractivity contribution in [3.8, 4) is 0 Å². The Hall–Kier alpha value is -0.510. The second-order valence-corrected chi connectivity index (χ2v) is 6.58. The van der Waals surface area contributed by atoms with Gasteiger partial charge in [0.05, 0.1) is 18.5 Å². The van der Waals surface area contributed by atoms with E-state index in [0.717, 1.165) is 13.2 Å². The van der Waals surface area contributed by atoms with Crippen molar-refractivity contribution in [1.29, 1.82) is 0 Å². The van der Waals surface area contributed by atoms with E-state index in [4.69, 9.17) is 4.74 Å². The number of hydrogen-bond donors (Lipinski definition) is 1. The monoisotopic (exact) mass is 263 g/mol. The lowest BCUT2D eigenvalue weighted by Gasteiger charge is -2.27. The molecule has 0 saturated carbocycles. The van der Waals surface area contributed by atoms with E-state index < -0.39 is 0 Å². The maximum atomic E-state index is 5.26. The largest absolute Gasteiger partial charge is 0.379 e. The van der Waals surface area contributed by atoms with E-state index in [2.05, 4.69) is 29.6 Å². The summed E-state index contributed by atoms with van der Waals surface area (Å²) in [4.78, 5) is 1.46. The Balaban J connectivity index is 1.65. The summed E-state index contributed by atoms with van der Waals surface area (Å²) < 4.78 is 5.26. The van der Waals surface area contributed by atoms with Crippen molar-refractivity contribution in [2.24, 2.45) is 0 Å². The average molecular weight is 263 g/mol. The molecule has 0 bridgehead atoms. The van der Waals surface area contributed by atoms with Crippen LogP contribution in [-0.2, 0) is 11.2 Å². The summed E-state index contributed by atoms with van der Waals surface area (Å²) in [6, 6.07) is 9.55. The van der Waals surface area contributed by atoms with Crippen LogP contribution in [0.5, 0.6) is 0 Å². The standard InChI is InChI=1S/C15H21NOS/c1-2-7-15(18-14-10-17-11-14)12(5-1)9-13-6-3-4-8-16-13/h1-2,5,7,13-14,16H,3-4,6,8-11H2. The maximum absolute atomic E-state index is 5.26. The molecule has 2 aliphatic rings. The van der Waals surface area contributed by atoms with Gasteiger partial charge in [0.15, 0.2) is 0 Å². The Morgan fingerprint density at radius 3 is 2.83 bits per heavy atom. The molecule has 3 heteroatoms. The minimum Gasteiger partial charge on any atom is -0.379 e. The van der Waals surface area contributed by atoms with Crippen molar-refractivity contribution in [3.63, 3.8) is 0 Å². The zero-order chi connectivity index (χ0) is 12.2. The molecule has 1 unspecified atom stereocenters. The zero-order valence-electron chi connectivity index (χ0n) is 10.7. The number of ether oxygens (including phenoxy) is 1. The zero-order valence-corrected chi connectivity index (χ0v) is 11.5. The normalized spacial score (nSPS) is 24.8. The minimum absolute atomic E-state index is 0.672. The molecule has 0 aromatic heterocycles. The fourth-order valence-electron chi connectivity index (χ4n) is 2.61. The van der Waals surface area contributed by atoms with Crippen molar-refractivity contribution in [1.82, 2.24) is 5.32 Å². The van der Waals surface area contributed by atoms with Gasteiger partial charge in [-0.05, 0) is 37.4 Å². The van der Waals surface area contributed by atoms with Crippen LogP contribution < -0.4 is 5.32 Å². The third kappa shape index (κ3) is 3.08. The first-order chi connectivity index (χ1) is 8.92. The second-order valence-electron chi connectivity index (χ2n) is 5.24. The van der Waals surface area contributed by atoms with E-state index in [0.29, 0.717) is 11.3 Å². The highest BCUT2D eigenvalue weighted by molar-refractivity contribution is 8.00. The predicted molar refractivity (Wildman–Crippen MR) is 76.3 cm³/mol. The summed E-state index contributed by atoms with van der Waals surface area (Å²) in [6.07, 6.45) is 5.22. The summed E-state index contributed by atoms with van der Waals surface area (Å²) in [5, 5.41) is 4.31. The van der Waals surface area contributed by atoms with Crippen LogP contribution in [0.25, 0.3) is 0 Å². The minimum atomic E-state index is 0.672. The highest BCUT2D eigenvalue weighted by atomic mass is 32.2. The smallest absolute Gasteiger partial charge is 0.0611 e. The van der Waals surface area contributed by atoms with Crippen molar-refractivity contribution >= 4 is 11.8 Å². The van der Waals surface area contributed by atoms with Gasteiger partial charge in [0.1, 0.15) is 0 Å². The molecule has 0 radical (unpaired) electrons. The van der Waals surface area contributed by atoms with E-state index in [-0.39, 0.29) is 0 Å². The second kappa shape index (κ2) is 6.09. The number of thioether (sulfide) groups is 1. The van der Waals surface area contributed by atoms with E-state index in [9.17, 15) is 0 Å². The van der Waals surface area contributed by atoms with Crippen LogP contribution in [0.4, 0.5) is 0 Å². The molecule has 2 saturated heterocycles. The van der Waals surface area contributed by atoms with Crippen molar-refractivity contribution in [2.45, 2.75) is 41.9 Å². The highest BCUT2D eigenvalue weighted by Gasteiger charge is 2.21. The predicted octanol–water partition coefficient (Wildman–Crippen LogP) is 2.86. The Morgan fingerprint density at radius 1 is 1.22 bits per heavy atom. The average Bonchev–Trinajstić information content (AvgIpc) is 2.37. The van der Waals surface area contributed by atoms with Gasteiger partial charge in [0.2, 0.25) is 0 Å². The molecule has 1 N–H and O–H groups in total. The Morgan fingerprint density at radius 2 is 2.11 bits per heavy atom. The number of hydrogen-bond acceptors (Lipinski definition) is 3. The number of benzene rings is 1. The SMILES string of the molecule is c1ccc(SC2COC2)c(CC2CCCCN2)c1. The molecule has 0 spiro atoms. The van der Waals surface area contributed by atoms with Gasteiger partial charge in [-0.2, -0.15) is 0 Å². The molecule has 18 heavy (non-hydrogen) atoms. The van der Waals surface area contributed by atoms with Crippen LogP contribution in [0.15, 0.2) is 29.2 Å². The molecular weight excluding hydrogens is 242 g/mol. The van der Waals surface area contributed by atoms with Crippen molar-refractivity contribution in [3.05, 3.63) is 29.8 Å². The first kappa shape index (κ1) is 12.5. The molecule has 2 nitrogen and oxygen atoms in total. The highest BCUT2D eigenvalue weighted by Crippen LogP contribution is 2.31. The fraction of sp³-hybridized carbons (Fsp3) is 0.600. The van der Waals surface area contributed by atoms with Gasteiger partial charge in [-0.25, -0.2) is 0 Å². The lowest BCUT2D eigenvalue weighted by Crippen LogP contribution is -2.35. The molecule has 1 aromatic carbocycles. The summed E-state index contributed by atoms with van der Waals surface area (Å²) >= 11 is 1.99. The van der Waals surface area contributed by atoms with Crippen LogP contribution in [0.2, 0.25) is 0 Å². The molecule has 0 amide bonds. The van der Waals surface area contributed by atoms with Gasteiger partial charge in [0, 0.05) is 10.9 Å². The lowest BCUT2D eigenvalue weighted by molar-refractivity contribution is 0.0455. The molecule has 1 aromatic rings. The van der Waals surface area contributed by atoms with E-state index in [1.807, 2.05) is 11.8 Å². The summed E-state index contributed by atoms with van der Waals surface area (Å²) in [5.41, 5.74) is 1.51. The van der Waals surface area contributed by atoms with Gasteiger partial charge < -0.3 is 10.1 Å². The summed E-state index contributed by atoms with van der Waals surface area (Å²) in [6.45, 7) is 3.03. The Labute approximate surface area is 113 Å². The molecule has 3 rings (SSSR count). The number of nitrogens with one attached hydrogen (secondary N) is 1.